The fraction of sp³-hybridized carbons (Fsp3) is 0.414. The fourth-order valence-electron chi connectivity index (χ4n) is 4.69. The summed E-state index contributed by atoms with van der Waals surface area (Å²) in [7, 11) is 0. The minimum Gasteiger partial charge on any atom is -0.354 e. The van der Waals surface area contributed by atoms with Crippen molar-refractivity contribution >= 4 is 17.5 Å². The van der Waals surface area contributed by atoms with E-state index in [-0.39, 0.29) is 6.03 Å². The molecule has 0 spiro atoms. The van der Waals surface area contributed by atoms with Crippen LogP contribution in [0.15, 0.2) is 54.6 Å². The zero-order valence-corrected chi connectivity index (χ0v) is 21.6. The van der Waals surface area contributed by atoms with Crippen LogP contribution in [0.3, 0.4) is 0 Å². The molecule has 0 aliphatic carbocycles. The predicted molar refractivity (Wildman–Crippen MR) is 144 cm³/mol. The van der Waals surface area contributed by atoms with Crippen molar-refractivity contribution in [3.63, 3.8) is 0 Å². The van der Waals surface area contributed by atoms with Gasteiger partial charge in [0.25, 0.3) is 0 Å². The number of benzene rings is 2. The molecular formula is C29H37N5O. The molecule has 6 heteroatoms. The monoisotopic (exact) mass is 471 g/mol. The number of urea groups is 1. The number of rotatable bonds is 5. The molecule has 0 atom stereocenters. The maximum Gasteiger partial charge on any atom is 0.321 e. The maximum absolute atomic E-state index is 13.0. The summed E-state index contributed by atoms with van der Waals surface area (Å²) < 4.78 is 0. The second-order valence-corrected chi connectivity index (χ2v) is 9.93. The van der Waals surface area contributed by atoms with Crippen molar-refractivity contribution in [3.8, 4) is 11.4 Å². The van der Waals surface area contributed by atoms with Gasteiger partial charge in [-0.1, -0.05) is 70.2 Å². The molecule has 0 unspecified atom stereocenters. The molecule has 1 N–H and O–H groups in total. The van der Waals surface area contributed by atoms with E-state index in [0.717, 1.165) is 54.6 Å². The van der Waals surface area contributed by atoms with Gasteiger partial charge in [0, 0.05) is 48.7 Å². The summed E-state index contributed by atoms with van der Waals surface area (Å²) >= 11 is 0. The first kappa shape index (κ1) is 24.7. The Morgan fingerprint density at radius 2 is 1.57 bits per heavy atom. The Hall–Kier alpha value is -3.41. The van der Waals surface area contributed by atoms with Gasteiger partial charge in [-0.15, -0.1) is 0 Å². The molecule has 184 valence electrons. The van der Waals surface area contributed by atoms with E-state index in [2.05, 4.69) is 69.1 Å². The van der Waals surface area contributed by atoms with Crippen LogP contribution in [0.5, 0.6) is 0 Å². The normalized spacial score (nSPS) is 14.4. The Labute approximate surface area is 209 Å². The third kappa shape index (κ3) is 5.81. The number of carbonyl (C=O) groups is 1. The average molecular weight is 472 g/mol. The standard InChI is InChI=1S/C29H37N5O/c1-20(2)23-12-14-25(15-13-23)31-29(35)34-17-9-16-33(18-19-34)28-26(21(3)4)22(5)30-27(32-28)24-10-7-6-8-11-24/h6-8,10-15,20-21H,9,16-19H2,1-5H3,(H,31,35). The molecule has 0 saturated carbocycles. The van der Waals surface area contributed by atoms with Gasteiger partial charge in [0.1, 0.15) is 5.82 Å². The fourth-order valence-corrected chi connectivity index (χ4v) is 4.69. The lowest BCUT2D eigenvalue weighted by Gasteiger charge is -2.27. The molecule has 1 aliphatic heterocycles. The molecule has 2 aromatic carbocycles. The molecule has 2 amide bonds. The lowest BCUT2D eigenvalue weighted by molar-refractivity contribution is 0.215. The first-order chi connectivity index (χ1) is 16.8. The van der Waals surface area contributed by atoms with Gasteiger partial charge >= 0.3 is 6.03 Å². The van der Waals surface area contributed by atoms with Crippen molar-refractivity contribution in [1.82, 2.24) is 14.9 Å². The van der Waals surface area contributed by atoms with Crippen LogP contribution in [0.25, 0.3) is 11.4 Å². The summed E-state index contributed by atoms with van der Waals surface area (Å²) in [6.45, 7) is 13.8. The number of aromatic nitrogens is 2. The Balaban J connectivity index is 1.51. The van der Waals surface area contributed by atoms with Crippen LogP contribution in [0.1, 0.15) is 62.8 Å². The van der Waals surface area contributed by atoms with Gasteiger partial charge < -0.3 is 15.1 Å². The minimum atomic E-state index is -0.0444. The number of anilines is 2. The Kier molecular flexibility index (Phi) is 7.69. The molecule has 4 rings (SSSR count). The number of nitrogens with one attached hydrogen (secondary N) is 1. The quantitative estimate of drug-likeness (QED) is 0.465. The van der Waals surface area contributed by atoms with Gasteiger partial charge in [-0.05, 0) is 42.9 Å². The topological polar surface area (TPSA) is 61.4 Å². The van der Waals surface area contributed by atoms with E-state index in [9.17, 15) is 4.79 Å². The molecule has 1 aromatic heterocycles. The third-order valence-electron chi connectivity index (χ3n) is 6.64. The van der Waals surface area contributed by atoms with Crippen molar-refractivity contribution < 1.29 is 4.79 Å². The molecule has 1 aliphatic rings. The maximum atomic E-state index is 13.0. The van der Waals surface area contributed by atoms with Crippen LogP contribution in [0, 0.1) is 6.92 Å². The lowest BCUT2D eigenvalue weighted by Crippen LogP contribution is -2.38. The number of hydrogen-bond acceptors (Lipinski definition) is 4. The van der Waals surface area contributed by atoms with E-state index in [1.54, 1.807) is 0 Å². The van der Waals surface area contributed by atoms with E-state index in [1.165, 1.54) is 11.1 Å². The first-order valence-corrected chi connectivity index (χ1v) is 12.7. The molecule has 1 saturated heterocycles. The first-order valence-electron chi connectivity index (χ1n) is 12.7. The SMILES string of the molecule is Cc1nc(-c2ccccc2)nc(N2CCCN(C(=O)Nc3ccc(C(C)C)cc3)CC2)c1C(C)C. The van der Waals surface area contributed by atoms with Gasteiger partial charge in [-0.3, -0.25) is 0 Å². The molecule has 35 heavy (non-hydrogen) atoms. The highest BCUT2D eigenvalue weighted by atomic mass is 16.2. The van der Waals surface area contributed by atoms with Gasteiger partial charge in [0.2, 0.25) is 0 Å². The number of carbonyl (C=O) groups excluding carboxylic acids is 1. The summed E-state index contributed by atoms with van der Waals surface area (Å²) in [5.41, 5.74) is 5.33. The summed E-state index contributed by atoms with van der Waals surface area (Å²) in [6.07, 6.45) is 0.890. The largest absolute Gasteiger partial charge is 0.354 e. The van der Waals surface area contributed by atoms with Gasteiger partial charge in [0.05, 0.1) is 0 Å². The summed E-state index contributed by atoms with van der Waals surface area (Å²) in [5.74, 6) is 2.54. The molecular weight excluding hydrogens is 434 g/mol. The van der Waals surface area contributed by atoms with Crippen molar-refractivity contribution in [2.24, 2.45) is 0 Å². The molecule has 0 radical (unpaired) electrons. The zero-order chi connectivity index (χ0) is 24.9. The number of nitrogens with zero attached hydrogens (tertiary/aromatic N) is 4. The van der Waals surface area contributed by atoms with Crippen LogP contribution in [0.2, 0.25) is 0 Å². The second-order valence-electron chi connectivity index (χ2n) is 9.93. The van der Waals surface area contributed by atoms with Gasteiger partial charge in [0.15, 0.2) is 5.82 Å². The average Bonchev–Trinajstić information content (AvgIpc) is 3.10. The van der Waals surface area contributed by atoms with Gasteiger partial charge in [-0.25, -0.2) is 14.8 Å². The van der Waals surface area contributed by atoms with Crippen molar-refractivity contribution in [3.05, 3.63) is 71.4 Å². The van der Waals surface area contributed by atoms with Crippen molar-refractivity contribution in [2.75, 3.05) is 36.4 Å². The second kappa shape index (κ2) is 10.9. The summed E-state index contributed by atoms with van der Waals surface area (Å²) in [4.78, 5) is 27.2. The highest BCUT2D eigenvalue weighted by Crippen LogP contribution is 2.31. The van der Waals surface area contributed by atoms with E-state index in [0.29, 0.717) is 18.4 Å². The predicted octanol–water partition coefficient (Wildman–Crippen LogP) is 6.44. The minimum absolute atomic E-state index is 0.0444. The van der Waals surface area contributed by atoms with Crippen molar-refractivity contribution in [2.45, 2.75) is 52.9 Å². The van der Waals surface area contributed by atoms with Crippen molar-refractivity contribution in [1.29, 1.82) is 0 Å². The number of aryl methyl sites for hydroxylation is 1. The van der Waals surface area contributed by atoms with Crippen LogP contribution >= 0.6 is 0 Å². The van der Waals surface area contributed by atoms with E-state index in [4.69, 9.17) is 9.97 Å². The van der Waals surface area contributed by atoms with E-state index in [1.807, 2.05) is 35.2 Å². The Morgan fingerprint density at radius 1 is 0.857 bits per heavy atom. The number of hydrogen-bond donors (Lipinski definition) is 1. The molecule has 6 nitrogen and oxygen atoms in total. The van der Waals surface area contributed by atoms with Crippen LogP contribution in [0.4, 0.5) is 16.3 Å². The van der Waals surface area contributed by atoms with E-state index < -0.39 is 0 Å². The van der Waals surface area contributed by atoms with Crippen LogP contribution < -0.4 is 10.2 Å². The molecule has 1 fully saturated rings. The molecule has 3 aromatic rings. The Bertz CT molecular complexity index is 1140. The number of amides is 2. The summed E-state index contributed by atoms with van der Waals surface area (Å²) in [6, 6.07) is 18.2. The Morgan fingerprint density at radius 3 is 2.23 bits per heavy atom. The highest BCUT2D eigenvalue weighted by molar-refractivity contribution is 5.89. The zero-order valence-electron chi connectivity index (χ0n) is 21.6. The third-order valence-corrected chi connectivity index (χ3v) is 6.64. The highest BCUT2D eigenvalue weighted by Gasteiger charge is 2.24. The van der Waals surface area contributed by atoms with Crippen LogP contribution in [-0.2, 0) is 0 Å². The summed E-state index contributed by atoms with van der Waals surface area (Å²) in [5, 5.41) is 3.07. The molecule has 0 bridgehead atoms. The lowest BCUT2D eigenvalue weighted by atomic mass is 10.0. The van der Waals surface area contributed by atoms with Crippen LogP contribution in [-0.4, -0.2) is 47.1 Å². The van der Waals surface area contributed by atoms with E-state index >= 15 is 0 Å². The van der Waals surface area contributed by atoms with Gasteiger partial charge in [-0.2, -0.15) is 0 Å². The smallest absolute Gasteiger partial charge is 0.321 e. The molecule has 2 heterocycles.